The molecule has 8 heteroatoms. The smallest absolute Gasteiger partial charge is 0.176 e. The van der Waals surface area contributed by atoms with Crippen LogP contribution in [0.4, 0.5) is 11.6 Å². The molecule has 6 nitrogen and oxygen atoms in total. The number of thiophene rings is 2. The van der Waals surface area contributed by atoms with Gasteiger partial charge in [-0.3, -0.25) is 14.7 Å². The summed E-state index contributed by atoms with van der Waals surface area (Å²) in [6.07, 6.45) is 14.3. The molecule has 2 aliphatic rings. The van der Waals surface area contributed by atoms with Crippen LogP contribution in [0.5, 0.6) is 0 Å². The molecule has 5 heterocycles. The Morgan fingerprint density at radius 1 is 0.879 bits per heavy atom. The first kappa shape index (κ1) is 21.4. The number of Topliss-reactive ketones (excluding diaryl/α,β-unsaturated/α-hetero) is 2. The van der Waals surface area contributed by atoms with E-state index in [-0.39, 0.29) is 11.6 Å². The SMILES string of the molecule is O=C(CC1=CN(c2cc(N3C=CCC(CC(=O)c4cccs4)=C3)[nH]n2)C=CC1)c1cccs1. The van der Waals surface area contributed by atoms with Gasteiger partial charge in [0.2, 0.25) is 0 Å². The van der Waals surface area contributed by atoms with Gasteiger partial charge in [-0.15, -0.1) is 22.7 Å². The summed E-state index contributed by atoms with van der Waals surface area (Å²) in [6, 6.07) is 9.49. The summed E-state index contributed by atoms with van der Waals surface area (Å²) in [4.78, 5) is 30.4. The van der Waals surface area contributed by atoms with Crippen molar-refractivity contribution in [3.05, 3.63) is 98.9 Å². The quantitative estimate of drug-likeness (QED) is 0.388. The van der Waals surface area contributed by atoms with Gasteiger partial charge < -0.3 is 9.80 Å². The number of allylic oxidation sites excluding steroid dienone is 4. The van der Waals surface area contributed by atoms with E-state index >= 15 is 0 Å². The highest BCUT2D eigenvalue weighted by molar-refractivity contribution is 7.12. The third-order valence-electron chi connectivity index (χ3n) is 5.40. The van der Waals surface area contributed by atoms with Gasteiger partial charge in [-0.1, -0.05) is 24.3 Å². The molecule has 0 spiro atoms. The minimum Gasteiger partial charge on any atom is -0.309 e. The van der Waals surface area contributed by atoms with Crippen LogP contribution in [0.3, 0.4) is 0 Å². The maximum atomic E-state index is 12.5. The second-order valence-electron chi connectivity index (χ2n) is 7.83. The summed E-state index contributed by atoms with van der Waals surface area (Å²) in [7, 11) is 0. The Bertz CT molecular complexity index is 1170. The molecule has 3 aromatic heterocycles. The van der Waals surface area contributed by atoms with Gasteiger partial charge in [0.25, 0.3) is 0 Å². The molecule has 0 aliphatic carbocycles. The van der Waals surface area contributed by atoms with E-state index < -0.39 is 0 Å². The van der Waals surface area contributed by atoms with Crippen molar-refractivity contribution in [3.8, 4) is 0 Å². The van der Waals surface area contributed by atoms with Crippen LogP contribution in [-0.4, -0.2) is 21.8 Å². The highest BCUT2D eigenvalue weighted by atomic mass is 32.1. The molecule has 33 heavy (non-hydrogen) atoms. The Morgan fingerprint density at radius 3 is 2.03 bits per heavy atom. The predicted octanol–water partition coefficient (Wildman–Crippen LogP) is 6.29. The first-order chi connectivity index (χ1) is 16.2. The van der Waals surface area contributed by atoms with Crippen molar-refractivity contribution in [3.63, 3.8) is 0 Å². The molecule has 0 saturated heterocycles. The lowest BCUT2D eigenvalue weighted by Crippen LogP contribution is -2.14. The molecule has 166 valence electrons. The van der Waals surface area contributed by atoms with E-state index in [1.165, 1.54) is 22.7 Å². The normalized spacial score (nSPS) is 15.5. The van der Waals surface area contributed by atoms with Gasteiger partial charge in [0.1, 0.15) is 5.82 Å². The minimum atomic E-state index is 0.141. The maximum Gasteiger partial charge on any atom is 0.176 e. The van der Waals surface area contributed by atoms with E-state index in [1.54, 1.807) is 0 Å². The van der Waals surface area contributed by atoms with Crippen LogP contribution in [0, 0.1) is 0 Å². The highest BCUT2D eigenvalue weighted by Gasteiger charge is 2.17. The van der Waals surface area contributed by atoms with Crippen LogP contribution >= 0.6 is 22.7 Å². The van der Waals surface area contributed by atoms with Crippen LogP contribution in [0.25, 0.3) is 0 Å². The van der Waals surface area contributed by atoms with E-state index in [0.29, 0.717) is 12.8 Å². The lowest BCUT2D eigenvalue weighted by atomic mass is 10.0. The Labute approximate surface area is 199 Å². The number of carbonyl (C=O) groups excluding carboxylic acids is 2. The first-order valence-corrected chi connectivity index (χ1v) is 12.4. The maximum absolute atomic E-state index is 12.5. The van der Waals surface area contributed by atoms with E-state index in [2.05, 4.69) is 10.2 Å². The fourth-order valence-corrected chi connectivity index (χ4v) is 5.10. The third-order valence-corrected chi connectivity index (χ3v) is 7.22. The van der Waals surface area contributed by atoms with E-state index in [4.69, 9.17) is 0 Å². The predicted molar refractivity (Wildman–Crippen MR) is 134 cm³/mol. The molecule has 0 amide bonds. The Morgan fingerprint density at radius 2 is 1.45 bits per heavy atom. The van der Waals surface area contributed by atoms with Gasteiger partial charge in [-0.2, -0.15) is 5.10 Å². The first-order valence-electron chi connectivity index (χ1n) is 10.6. The molecule has 5 rings (SSSR count). The van der Waals surface area contributed by atoms with Crippen molar-refractivity contribution >= 4 is 45.9 Å². The van der Waals surface area contributed by atoms with Gasteiger partial charge in [-0.25, -0.2) is 0 Å². The van der Waals surface area contributed by atoms with E-state index in [9.17, 15) is 9.59 Å². The molecular weight excluding hydrogens is 452 g/mol. The van der Waals surface area contributed by atoms with E-state index in [0.717, 1.165) is 45.4 Å². The number of ketones is 2. The molecule has 0 bridgehead atoms. The van der Waals surface area contributed by atoms with Gasteiger partial charge in [0, 0.05) is 43.7 Å². The molecule has 1 N–H and O–H groups in total. The molecule has 0 saturated carbocycles. The van der Waals surface area contributed by atoms with Crippen molar-refractivity contribution in [2.24, 2.45) is 0 Å². The van der Waals surface area contributed by atoms with Crippen molar-refractivity contribution < 1.29 is 9.59 Å². The van der Waals surface area contributed by atoms with Crippen LogP contribution in [0.2, 0.25) is 0 Å². The molecule has 0 fully saturated rings. The fraction of sp³-hybridized carbons (Fsp3) is 0.160. The molecule has 3 aromatic rings. The second-order valence-corrected chi connectivity index (χ2v) is 9.73. The number of rotatable bonds is 8. The number of hydrogen-bond donors (Lipinski definition) is 1. The topological polar surface area (TPSA) is 69.3 Å². The van der Waals surface area contributed by atoms with Crippen LogP contribution in [-0.2, 0) is 0 Å². The number of H-pyrrole nitrogens is 1. The van der Waals surface area contributed by atoms with Gasteiger partial charge >= 0.3 is 0 Å². The summed E-state index contributed by atoms with van der Waals surface area (Å²) in [5.74, 6) is 1.84. The molecule has 0 radical (unpaired) electrons. The molecular formula is C25H22N4O2S2. The van der Waals surface area contributed by atoms with Crippen molar-refractivity contribution in [2.45, 2.75) is 25.7 Å². The molecule has 2 aliphatic heterocycles. The zero-order chi connectivity index (χ0) is 22.6. The number of nitrogens with zero attached hydrogens (tertiary/aromatic N) is 3. The zero-order valence-electron chi connectivity index (χ0n) is 17.8. The van der Waals surface area contributed by atoms with Crippen LogP contribution in [0.1, 0.15) is 45.0 Å². The van der Waals surface area contributed by atoms with Gasteiger partial charge in [0.05, 0.1) is 9.75 Å². The van der Waals surface area contributed by atoms with Crippen molar-refractivity contribution in [2.75, 3.05) is 9.80 Å². The molecule has 0 atom stereocenters. The summed E-state index contributed by atoms with van der Waals surface area (Å²) in [6.45, 7) is 0. The second kappa shape index (κ2) is 9.56. The number of aromatic amines is 1. The number of carbonyl (C=O) groups is 2. The summed E-state index contributed by atoms with van der Waals surface area (Å²) < 4.78 is 0. The zero-order valence-corrected chi connectivity index (χ0v) is 19.4. The highest BCUT2D eigenvalue weighted by Crippen LogP contribution is 2.28. The lowest BCUT2D eigenvalue weighted by molar-refractivity contribution is 0.0988. The number of hydrogen-bond acceptors (Lipinski definition) is 7. The fourth-order valence-electron chi connectivity index (χ4n) is 3.78. The van der Waals surface area contributed by atoms with Gasteiger partial charge in [-0.05, 0) is 46.9 Å². The molecule has 0 aromatic carbocycles. The standard InChI is InChI=1S/C25H22N4O2S2/c30-20(22-7-3-11-32-22)13-18-5-1-9-28(16-18)24-15-25(27-26-24)29-10-2-6-19(17-29)14-21(31)23-8-4-12-33-23/h1-4,7-12,15-17H,5-6,13-14H2,(H,26,27). The average molecular weight is 475 g/mol. The van der Waals surface area contributed by atoms with Crippen molar-refractivity contribution in [1.29, 1.82) is 0 Å². The van der Waals surface area contributed by atoms with Gasteiger partial charge in [0.15, 0.2) is 17.4 Å². The van der Waals surface area contributed by atoms with Crippen LogP contribution in [0.15, 0.2) is 89.2 Å². The largest absolute Gasteiger partial charge is 0.309 e. The number of anilines is 2. The summed E-state index contributed by atoms with van der Waals surface area (Å²) in [5, 5.41) is 11.4. The van der Waals surface area contributed by atoms with Crippen LogP contribution < -0.4 is 9.80 Å². The lowest BCUT2D eigenvalue weighted by Gasteiger charge is -2.20. The number of aromatic nitrogens is 2. The Kier molecular flexibility index (Phi) is 6.19. The Balaban J connectivity index is 1.27. The Hall–Kier alpha value is -3.49. The van der Waals surface area contributed by atoms with Crippen molar-refractivity contribution in [1.82, 2.24) is 10.2 Å². The third kappa shape index (κ3) is 4.97. The average Bonchev–Trinajstić information content (AvgIpc) is 3.62. The minimum absolute atomic E-state index is 0.141. The summed E-state index contributed by atoms with van der Waals surface area (Å²) in [5.41, 5.74) is 2.10. The number of nitrogens with one attached hydrogen (secondary N) is 1. The monoisotopic (exact) mass is 474 g/mol. The van der Waals surface area contributed by atoms with E-state index in [1.807, 2.05) is 87.8 Å². The molecule has 0 unspecified atom stereocenters. The summed E-state index contributed by atoms with van der Waals surface area (Å²) >= 11 is 2.95.